The van der Waals surface area contributed by atoms with Crippen LogP contribution in [0.25, 0.3) is 0 Å². The summed E-state index contributed by atoms with van der Waals surface area (Å²) >= 11 is 0. The summed E-state index contributed by atoms with van der Waals surface area (Å²) in [5.74, 6) is 3.07. The number of benzene rings is 3. The Kier molecular flexibility index (Phi) is 6.35. The average molecular weight is 524 g/mol. The molecule has 7 rings (SSSR count). The maximum absolute atomic E-state index is 13.3. The fourth-order valence-corrected chi connectivity index (χ4v) is 8.03. The Labute approximate surface area is 231 Å². The van der Waals surface area contributed by atoms with Crippen molar-refractivity contribution in [2.24, 2.45) is 5.92 Å². The lowest BCUT2D eigenvalue weighted by Gasteiger charge is -2.57. The predicted molar refractivity (Wildman–Crippen MR) is 151 cm³/mol. The first-order valence-corrected chi connectivity index (χ1v) is 14.6. The van der Waals surface area contributed by atoms with E-state index < -0.39 is 6.10 Å². The van der Waals surface area contributed by atoms with Crippen LogP contribution in [-0.4, -0.2) is 49.6 Å². The van der Waals surface area contributed by atoms with Crippen LogP contribution in [0.5, 0.6) is 17.2 Å². The van der Waals surface area contributed by atoms with Gasteiger partial charge in [-0.05, 0) is 62.1 Å². The van der Waals surface area contributed by atoms with Crippen LogP contribution in [0.4, 0.5) is 0 Å². The molecule has 0 radical (unpaired) electrons. The van der Waals surface area contributed by atoms with E-state index in [4.69, 9.17) is 14.2 Å². The van der Waals surface area contributed by atoms with Crippen LogP contribution in [0.2, 0.25) is 0 Å². The van der Waals surface area contributed by atoms with E-state index in [-0.39, 0.29) is 11.2 Å². The van der Waals surface area contributed by atoms with E-state index in [1.54, 1.807) is 7.11 Å². The maximum atomic E-state index is 13.3. The summed E-state index contributed by atoms with van der Waals surface area (Å²) < 4.78 is 18.9. The Morgan fingerprint density at radius 2 is 1.74 bits per heavy atom. The van der Waals surface area contributed by atoms with E-state index in [1.807, 2.05) is 6.07 Å². The zero-order valence-electron chi connectivity index (χ0n) is 22.7. The minimum absolute atomic E-state index is 0.249. The van der Waals surface area contributed by atoms with Crippen molar-refractivity contribution in [2.75, 3.05) is 26.8 Å². The summed E-state index contributed by atoms with van der Waals surface area (Å²) in [4.78, 5) is 16.0. The highest BCUT2D eigenvalue weighted by molar-refractivity contribution is 5.89. The van der Waals surface area contributed by atoms with E-state index in [1.165, 1.54) is 22.3 Å². The second-order valence-electron chi connectivity index (χ2n) is 11.6. The third-order valence-electron chi connectivity index (χ3n) is 9.76. The fraction of sp³-hybridized carbons (Fsp3) is 0.441. The monoisotopic (exact) mass is 523 g/mol. The van der Waals surface area contributed by atoms with Crippen molar-refractivity contribution in [1.82, 2.24) is 4.90 Å². The highest BCUT2D eigenvalue weighted by Gasteiger charge is 2.66. The van der Waals surface area contributed by atoms with Gasteiger partial charge in [-0.3, -0.25) is 9.69 Å². The van der Waals surface area contributed by atoms with Gasteiger partial charge in [-0.25, -0.2) is 0 Å². The molecule has 4 aliphatic rings. The van der Waals surface area contributed by atoms with Crippen LogP contribution in [0, 0.1) is 5.92 Å². The summed E-state index contributed by atoms with van der Waals surface area (Å²) in [5.41, 5.74) is 4.92. The van der Waals surface area contributed by atoms with Crippen molar-refractivity contribution in [3.63, 3.8) is 0 Å². The SMILES string of the molecule is COc1cc(OCCCc2ccccc2)c2c3c1O[C@H]1C(=O)CC[C@H]4[C@@H](C2)N(CCc2ccccc2)CC[C@]314. The van der Waals surface area contributed by atoms with Crippen molar-refractivity contribution in [1.29, 1.82) is 0 Å². The molecule has 1 saturated heterocycles. The molecule has 2 heterocycles. The number of hydrogen-bond acceptors (Lipinski definition) is 5. The number of aryl methyl sites for hydroxylation is 1. The Hall–Kier alpha value is -3.31. The van der Waals surface area contributed by atoms with Crippen LogP contribution < -0.4 is 14.2 Å². The number of nitrogens with zero attached hydrogens (tertiary/aromatic N) is 1. The van der Waals surface area contributed by atoms with E-state index in [9.17, 15) is 4.79 Å². The molecule has 202 valence electrons. The molecule has 2 bridgehead atoms. The summed E-state index contributed by atoms with van der Waals surface area (Å²) in [6, 6.07) is 23.8. The van der Waals surface area contributed by atoms with Crippen LogP contribution in [0.15, 0.2) is 66.7 Å². The van der Waals surface area contributed by atoms with Gasteiger partial charge in [-0.2, -0.15) is 0 Å². The number of Topliss-reactive ketones (excluding diaryl/α,β-unsaturated/α-hetero) is 1. The van der Waals surface area contributed by atoms with Gasteiger partial charge in [0, 0.05) is 41.6 Å². The standard InChI is InChI=1S/C34H37NO4/c1-37-30-22-29(38-20-8-13-23-9-4-2-5-10-23)25-21-27-26-14-15-28(36)33-34(26,31(25)32(30)39-33)17-19-35(27)18-16-24-11-6-3-7-12-24/h2-7,9-12,22,26-27,33H,8,13-21H2,1H3/t26-,27+,33-,34-/m0/s1. The molecule has 0 unspecified atom stereocenters. The van der Waals surface area contributed by atoms with Gasteiger partial charge in [-0.15, -0.1) is 0 Å². The molecular weight excluding hydrogens is 486 g/mol. The van der Waals surface area contributed by atoms with Crippen LogP contribution in [0.1, 0.15) is 47.9 Å². The first-order chi connectivity index (χ1) is 19.2. The van der Waals surface area contributed by atoms with Crippen molar-refractivity contribution >= 4 is 5.78 Å². The molecule has 3 aromatic carbocycles. The van der Waals surface area contributed by atoms with Gasteiger partial charge in [0.1, 0.15) is 5.75 Å². The van der Waals surface area contributed by atoms with E-state index in [0.29, 0.717) is 30.7 Å². The first-order valence-electron chi connectivity index (χ1n) is 14.6. The van der Waals surface area contributed by atoms with Gasteiger partial charge >= 0.3 is 0 Å². The summed E-state index contributed by atoms with van der Waals surface area (Å²) in [6.45, 7) is 2.67. The number of piperidine rings is 1. The molecule has 1 spiro atoms. The van der Waals surface area contributed by atoms with Crippen LogP contribution >= 0.6 is 0 Å². The lowest BCUT2D eigenvalue weighted by atomic mass is 9.51. The number of ketones is 1. The number of carbonyl (C=O) groups is 1. The summed E-state index contributed by atoms with van der Waals surface area (Å²) in [6.07, 6.45) is 6.00. The minimum atomic E-state index is -0.397. The van der Waals surface area contributed by atoms with Gasteiger partial charge in [0.2, 0.25) is 0 Å². The Morgan fingerprint density at radius 1 is 1.00 bits per heavy atom. The molecule has 0 aromatic heterocycles. The molecule has 4 atom stereocenters. The van der Waals surface area contributed by atoms with Gasteiger partial charge in [0.25, 0.3) is 0 Å². The number of carbonyl (C=O) groups excluding carboxylic acids is 1. The van der Waals surface area contributed by atoms with Gasteiger partial charge < -0.3 is 14.2 Å². The zero-order valence-corrected chi connectivity index (χ0v) is 22.7. The molecule has 3 aromatic rings. The Morgan fingerprint density at radius 3 is 2.49 bits per heavy atom. The molecule has 1 saturated carbocycles. The number of hydrogen-bond donors (Lipinski definition) is 0. The minimum Gasteiger partial charge on any atom is -0.493 e. The smallest absolute Gasteiger partial charge is 0.174 e. The van der Waals surface area contributed by atoms with E-state index >= 15 is 0 Å². The lowest BCUT2D eigenvalue weighted by molar-refractivity contribution is -0.138. The molecule has 39 heavy (non-hydrogen) atoms. The van der Waals surface area contributed by atoms with Crippen LogP contribution in [0.3, 0.4) is 0 Å². The lowest BCUT2D eigenvalue weighted by Crippen LogP contribution is -2.66. The van der Waals surface area contributed by atoms with Crippen molar-refractivity contribution in [3.05, 3.63) is 89.0 Å². The third kappa shape index (κ3) is 4.05. The predicted octanol–water partition coefficient (Wildman–Crippen LogP) is 5.56. The molecule has 5 nitrogen and oxygen atoms in total. The number of methoxy groups -OCH3 is 1. The van der Waals surface area contributed by atoms with Crippen molar-refractivity contribution < 1.29 is 19.0 Å². The maximum Gasteiger partial charge on any atom is 0.174 e. The van der Waals surface area contributed by atoms with Gasteiger partial charge in [0.05, 0.1) is 13.7 Å². The van der Waals surface area contributed by atoms with Crippen LogP contribution in [-0.2, 0) is 29.5 Å². The normalized spacial score (nSPS) is 26.6. The van der Waals surface area contributed by atoms with Crippen molar-refractivity contribution in [3.8, 4) is 17.2 Å². The second kappa shape index (κ2) is 10.0. The Bertz CT molecular complexity index is 1360. The van der Waals surface area contributed by atoms with Crippen molar-refractivity contribution in [2.45, 2.75) is 62.5 Å². The number of ether oxygens (including phenoxy) is 3. The molecule has 0 amide bonds. The van der Waals surface area contributed by atoms with E-state index in [0.717, 1.165) is 63.1 Å². The molecule has 0 N–H and O–H groups in total. The summed E-state index contributed by atoms with van der Waals surface area (Å²) in [7, 11) is 1.69. The van der Waals surface area contributed by atoms with Gasteiger partial charge in [-0.1, -0.05) is 60.7 Å². The number of rotatable bonds is 9. The molecule has 2 aliphatic heterocycles. The van der Waals surface area contributed by atoms with Gasteiger partial charge in [0.15, 0.2) is 23.4 Å². The van der Waals surface area contributed by atoms with E-state index in [2.05, 4.69) is 65.6 Å². The topological polar surface area (TPSA) is 48.0 Å². The second-order valence-corrected chi connectivity index (χ2v) is 11.6. The highest BCUT2D eigenvalue weighted by Crippen LogP contribution is 2.64. The zero-order chi connectivity index (χ0) is 26.4. The highest BCUT2D eigenvalue weighted by atomic mass is 16.5. The molecule has 2 aliphatic carbocycles. The fourth-order valence-electron chi connectivity index (χ4n) is 8.03. The molecular formula is C34H37NO4. The third-order valence-corrected chi connectivity index (χ3v) is 9.76. The Balaban J connectivity index is 1.21. The average Bonchev–Trinajstić information content (AvgIpc) is 3.32. The number of likely N-dealkylation sites (tertiary alicyclic amines) is 1. The molecule has 2 fully saturated rings. The summed E-state index contributed by atoms with van der Waals surface area (Å²) in [5, 5.41) is 0. The largest absolute Gasteiger partial charge is 0.493 e. The quantitative estimate of drug-likeness (QED) is 0.344. The first kappa shape index (κ1) is 24.7. The molecule has 5 heteroatoms.